The number of thioether (sulfide) groups is 1. The zero-order valence-electron chi connectivity index (χ0n) is 17.6. The maximum atomic E-state index is 13.4. The second kappa shape index (κ2) is 7.95. The third-order valence-corrected chi connectivity index (χ3v) is 8.24. The molecule has 0 radical (unpaired) electrons. The van der Waals surface area contributed by atoms with E-state index in [4.69, 9.17) is 11.6 Å². The van der Waals surface area contributed by atoms with Crippen molar-refractivity contribution in [1.29, 1.82) is 0 Å². The monoisotopic (exact) mass is 482 g/mol. The first-order valence-electron chi connectivity index (χ1n) is 10.0. The fraction of sp³-hybridized carbons (Fsp3) is 0.174. The summed E-state index contributed by atoms with van der Waals surface area (Å²) in [6.45, 7) is 4.17. The molecule has 0 fully saturated rings. The number of hydrogen-bond acceptors (Lipinski definition) is 6. The second-order valence-corrected chi connectivity index (χ2v) is 9.84. The van der Waals surface area contributed by atoms with Crippen LogP contribution in [-0.2, 0) is 11.3 Å². The summed E-state index contributed by atoms with van der Waals surface area (Å²) in [6.07, 6.45) is 0. The number of thiazole rings is 1. The third-order valence-electron chi connectivity index (χ3n) is 5.43. The van der Waals surface area contributed by atoms with Crippen LogP contribution in [0.15, 0.2) is 63.3 Å². The summed E-state index contributed by atoms with van der Waals surface area (Å²) in [5.41, 5.74) is 2.65. The third kappa shape index (κ3) is 3.21. The lowest BCUT2D eigenvalue weighted by molar-refractivity contribution is -0.112. The smallest absolute Gasteiger partial charge is 0.283 e. The number of halogens is 1. The molecule has 32 heavy (non-hydrogen) atoms. The van der Waals surface area contributed by atoms with E-state index in [1.165, 1.54) is 16.3 Å². The lowest BCUT2D eigenvalue weighted by Crippen LogP contribution is -2.35. The van der Waals surface area contributed by atoms with Crippen LogP contribution in [0, 0.1) is 0 Å². The Kier molecular flexibility index (Phi) is 5.23. The fourth-order valence-electron chi connectivity index (χ4n) is 3.83. The molecule has 6 nitrogen and oxygen atoms in total. The highest BCUT2D eigenvalue weighted by Gasteiger charge is 2.32. The van der Waals surface area contributed by atoms with Gasteiger partial charge in [0.25, 0.3) is 11.5 Å². The highest BCUT2D eigenvalue weighted by atomic mass is 35.5. The summed E-state index contributed by atoms with van der Waals surface area (Å²) >= 11 is 8.92. The van der Waals surface area contributed by atoms with E-state index in [0.717, 1.165) is 15.6 Å². The Morgan fingerprint density at radius 2 is 1.78 bits per heavy atom. The number of carbonyl (C=O) groups is 1. The van der Waals surface area contributed by atoms with E-state index in [-0.39, 0.29) is 11.5 Å². The van der Waals surface area contributed by atoms with Gasteiger partial charge in [-0.15, -0.1) is 11.3 Å². The Hall–Kier alpha value is -2.81. The van der Waals surface area contributed by atoms with Gasteiger partial charge in [0.15, 0.2) is 0 Å². The molecule has 0 unspecified atom stereocenters. The number of fused-ring (bicyclic) bond motifs is 1. The zero-order valence-corrected chi connectivity index (χ0v) is 20.0. The van der Waals surface area contributed by atoms with Gasteiger partial charge in [0, 0.05) is 23.5 Å². The van der Waals surface area contributed by atoms with Crippen LogP contribution in [0.3, 0.4) is 0 Å². The highest BCUT2D eigenvalue weighted by Crippen LogP contribution is 2.44. The predicted molar refractivity (Wildman–Crippen MR) is 133 cm³/mol. The number of hydrazone groups is 1. The summed E-state index contributed by atoms with van der Waals surface area (Å²) in [5, 5.41) is 7.31. The van der Waals surface area contributed by atoms with E-state index in [1.807, 2.05) is 43.1 Å². The minimum Gasteiger partial charge on any atom is -0.337 e. The van der Waals surface area contributed by atoms with Crippen molar-refractivity contribution in [2.45, 2.75) is 25.3 Å². The Bertz CT molecular complexity index is 1470. The molecule has 2 aliphatic rings. The molecule has 0 N–H and O–H groups in total. The first-order chi connectivity index (χ1) is 15.4. The normalized spacial score (nSPS) is 19.0. The van der Waals surface area contributed by atoms with Crippen molar-refractivity contribution >= 4 is 68.3 Å². The predicted octanol–water partition coefficient (Wildman–Crippen LogP) is 3.46. The molecule has 0 atom stereocenters. The van der Waals surface area contributed by atoms with Gasteiger partial charge in [-0.3, -0.25) is 14.2 Å². The average Bonchev–Trinajstić information content (AvgIpc) is 3.39. The van der Waals surface area contributed by atoms with Crippen molar-refractivity contribution in [2.75, 3.05) is 17.0 Å². The molecule has 0 saturated heterocycles. The summed E-state index contributed by atoms with van der Waals surface area (Å²) in [6, 6.07) is 15.0. The van der Waals surface area contributed by atoms with Crippen LogP contribution < -0.4 is 24.7 Å². The molecule has 3 aromatic rings. The molecule has 0 saturated carbocycles. The topological polar surface area (TPSA) is 57.9 Å². The SMILES string of the molecule is CCn1c(=C2C(=O)N(c3ccc(Cl)cc3)N=C2C)sc(=C2Sc3ccccc3N2C)c1=O. The van der Waals surface area contributed by atoms with Crippen molar-refractivity contribution in [3.63, 3.8) is 0 Å². The number of nitrogens with zero attached hydrogens (tertiary/aromatic N) is 4. The minimum absolute atomic E-state index is 0.0901. The maximum Gasteiger partial charge on any atom is 0.283 e. The van der Waals surface area contributed by atoms with Crippen LogP contribution in [0.4, 0.5) is 11.4 Å². The van der Waals surface area contributed by atoms with Crippen LogP contribution in [0.1, 0.15) is 13.8 Å². The van der Waals surface area contributed by atoms with E-state index >= 15 is 0 Å². The van der Waals surface area contributed by atoms with Gasteiger partial charge in [0.2, 0.25) is 0 Å². The van der Waals surface area contributed by atoms with Crippen molar-refractivity contribution in [3.8, 4) is 0 Å². The van der Waals surface area contributed by atoms with Crippen LogP contribution in [0.5, 0.6) is 0 Å². The Labute approximate surface area is 197 Å². The van der Waals surface area contributed by atoms with Crippen molar-refractivity contribution in [2.24, 2.45) is 5.10 Å². The van der Waals surface area contributed by atoms with Crippen LogP contribution >= 0.6 is 34.7 Å². The zero-order chi connectivity index (χ0) is 22.6. The van der Waals surface area contributed by atoms with Crippen molar-refractivity contribution < 1.29 is 4.79 Å². The molecular formula is C23H19ClN4O2S2. The molecule has 1 amide bonds. The Balaban J connectivity index is 1.71. The molecule has 0 bridgehead atoms. The molecule has 2 aliphatic heterocycles. The van der Waals surface area contributed by atoms with Crippen molar-refractivity contribution in [3.05, 3.63) is 73.1 Å². The van der Waals surface area contributed by atoms with Gasteiger partial charge in [-0.05, 0) is 50.2 Å². The molecule has 0 spiro atoms. The van der Waals surface area contributed by atoms with Gasteiger partial charge < -0.3 is 4.90 Å². The van der Waals surface area contributed by atoms with Gasteiger partial charge >= 0.3 is 0 Å². The van der Waals surface area contributed by atoms with Crippen LogP contribution in [0.25, 0.3) is 10.6 Å². The molecule has 162 valence electrons. The molecule has 5 rings (SSSR count). The van der Waals surface area contributed by atoms with E-state index in [1.54, 1.807) is 47.5 Å². The van der Waals surface area contributed by atoms with Gasteiger partial charge in [-0.1, -0.05) is 35.5 Å². The molecule has 9 heteroatoms. The molecule has 3 heterocycles. The summed E-state index contributed by atoms with van der Waals surface area (Å²) in [4.78, 5) is 29.9. The van der Waals surface area contributed by atoms with E-state index in [0.29, 0.717) is 37.7 Å². The number of amides is 1. The number of para-hydroxylation sites is 1. The van der Waals surface area contributed by atoms with Gasteiger partial charge in [0.05, 0.1) is 22.7 Å². The quantitative estimate of drug-likeness (QED) is 0.561. The summed E-state index contributed by atoms with van der Waals surface area (Å²) in [5.74, 6) is -0.250. The highest BCUT2D eigenvalue weighted by molar-refractivity contribution is 8.08. The lowest BCUT2D eigenvalue weighted by Gasteiger charge is -2.11. The Morgan fingerprint density at radius 3 is 2.47 bits per heavy atom. The number of anilines is 2. The van der Waals surface area contributed by atoms with Gasteiger partial charge in [-0.2, -0.15) is 10.1 Å². The van der Waals surface area contributed by atoms with Crippen LogP contribution in [-0.4, -0.2) is 23.2 Å². The number of carbonyl (C=O) groups excluding carboxylic acids is 1. The standard InChI is InChI=1S/C23H19ClN4O2S2/c1-4-27-21(30)19(23-26(3)16-7-5-6-8-17(16)31-23)32-22(27)18-13(2)25-28(20(18)29)15-11-9-14(24)10-12-15/h5-12H,4H2,1-3H3. The molecule has 2 aromatic carbocycles. The van der Waals surface area contributed by atoms with Gasteiger partial charge in [-0.25, -0.2) is 0 Å². The molecule has 0 aliphatic carbocycles. The second-order valence-electron chi connectivity index (χ2n) is 7.37. The first kappa shape index (κ1) is 21.1. The number of benzene rings is 2. The fourth-order valence-corrected chi connectivity index (χ4v) is 6.56. The largest absolute Gasteiger partial charge is 0.337 e. The maximum absolute atomic E-state index is 13.4. The number of aromatic nitrogens is 1. The minimum atomic E-state index is -0.250. The Morgan fingerprint density at radius 1 is 1.06 bits per heavy atom. The van der Waals surface area contributed by atoms with E-state index in [2.05, 4.69) is 5.10 Å². The van der Waals surface area contributed by atoms with E-state index < -0.39 is 0 Å². The number of rotatable bonds is 2. The van der Waals surface area contributed by atoms with Gasteiger partial charge in [0.1, 0.15) is 14.2 Å². The first-order valence-corrected chi connectivity index (χ1v) is 12.1. The summed E-state index contributed by atoms with van der Waals surface area (Å²) < 4.78 is 2.93. The molecule has 1 aromatic heterocycles. The average molecular weight is 483 g/mol. The lowest BCUT2D eigenvalue weighted by atomic mass is 10.2. The number of hydrogen-bond donors (Lipinski definition) is 0. The molecular weight excluding hydrogens is 464 g/mol. The van der Waals surface area contributed by atoms with E-state index in [9.17, 15) is 9.59 Å². The van der Waals surface area contributed by atoms with Crippen LogP contribution in [0.2, 0.25) is 5.02 Å². The summed E-state index contributed by atoms with van der Waals surface area (Å²) in [7, 11) is 1.96. The van der Waals surface area contributed by atoms with Crippen molar-refractivity contribution in [1.82, 2.24) is 4.57 Å².